The standard InChI is InChI=1S/C12H16N2O4/c1-18-12(17)9-2-3-10(13-11(9)16)14-6-4-8(15)5-7-14/h2-3,8,15H,4-7H2,1H3,(H,13,16). The van der Waals surface area contributed by atoms with Crippen molar-refractivity contribution in [3.8, 4) is 0 Å². The molecule has 0 amide bonds. The van der Waals surface area contributed by atoms with E-state index in [4.69, 9.17) is 0 Å². The molecule has 0 aromatic carbocycles. The van der Waals surface area contributed by atoms with Crippen LogP contribution in [-0.2, 0) is 4.74 Å². The number of aliphatic hydroxyl groups is 1. The van der Waals surface area contributed by atoms with Crippen LogP contribution in [0.25, 0.3) is 0 Å². The molecule has 0 spiro atoms. The van der Waals surface area contributed by atoms with Crippen molar-refractivity contribution in [2.75, 3.05) is 25.1 Å². The van der Waals surface area contributed by atoms with Crippen LogP contribution >= 0.6 is 0 Å². The summed E-state index contributed by atoms with van der Waals surface area (Å²) in [4.78, 5) is 27.6. The summed E-state index contributed by atoms with van der Waals surface area (Å²) in [6.45, 7) is 1.38. The van der Waals surface area contributed by atoms with Crippen molar-refractivity contribution in [1.29, 1.82) is 0 Å². The average molecular weight is 252 g/mol. The van der Waals surface area contributed by atoms with E-state index in [1.54, 1.807) is 6.07 Å². The first-order valence-corrected chi connectivity index (χ1v) is 5.86. The Kier molecular flexibility index (Phi) is 3.66. The third kappa shape index (κ3) is 2.53. The Morgan fingerprint density at radius 3 is 2.67 bits per heavy atom. The zero-order chi connectivity index (χ0) is 13.1. The van der Waals surface area contributed by atoms with Gasteiger partial charge in [0.15, 0.2) is 0 Å². The van der Waals surface area contributed by atoms with Gasteiger partial charge in [-0.05, 0) is 25.0 Å². The molecule has 6 nitrogen and oxygen atoms in total. The molecule has 0 unspecified atom stereocenters. The second-order valence-corrected chi connectivity index (χ2v) is 4.30. The first kappa shape index (κ1) is 12.6. The predicted molar refractivity (Wildman–Crippen MR) is 65.9 cm³/mol. The lowest BCUT2D eigenvalue weighted by Crippen LogP contribution is -2.37. The minimum Gasteiger partial charge on any atom is -0.465 e. The van der Waals surface area contributed by atoms with E-state index in [0.29, 0.717) is 31.7 Å². The van der Waals surface area contributed by atoms with Crippen LogP contribution in [0.5, 0.6) is 0 Å². The molecule has 0 radical (unpaired) electrons. The SMILES string of the molecule is COC(=O)c1ccc(N2CCC(O)CC2)[nH]c1=O. The van der Waals surface area contributed by atoms with Crippen LogP contribution in [0.15, 0.2) is 16.9 Å². The van der Waals surface area contributed by atoms with Gasteiger partial charge in [-0.15, -0.1) is 0 Å². The molecule has 18 heavy (non-hydrogen) atoms. The highest BCUT2D eigenvalue weighted by atomic mass is 16.5. The van der Waals surface area contributed by atoms with E-state index in [1.165, 1.54) is 13.2 Å². The van der Waals surface area contributed by atoms with Crippen LogP contribution in [0.4, 0.5) is 5.82 Å². The zero-order valence-electron chi connectivity index (χ0n) is 10.2. The minimum absolute atomic E-state index is 0.00158. The molecule has 1 aromatic heterocycles. The number of piperidine rings is 1. The molecule has 98 valence electrons. The number of esters is 1. The van der Waals surface area contributed by atoms with Crippen LogP contribution in [0.3, 0.4) is 0 Å². The smallest absolute Gasteiger partial charge is 0.343 e. The first-order valence-electron chi connectivity index (χ1n) is 5.86. The number of rotatable bonds is 2. The van der Waals surface area contributed by atoms with E-state index in [-0.39, 0.29) is 11.7 Å². The second-order valence-electron chi connectivity index (χ2n) is 4.30. The summed E-state index contributed by atoms with van der Waals surface area (Å²) in [6, 6.07) is 3.15. The van der Waals surface area contributed by atoms with E-state index < -0.39 is 11.5 Å². The van der Waals surface area contributed by atoms with Gasteiger partial charge in [0.25, 0.3) is 5.56 Å². The Bertz CT molecular complexity index is 489. The van der Waals surface area contributed by atoms with Crippen LogP contribution in [0.2, 0.25) is 0 Å². The molecule has 6 heteroatoms. The number of nitrogens with one attached hydrogen (secondary N) is 1. The third-order valence-electron chi connectivity index (χ3n) is 3.10. The van der Waals surface area contributed by atoms with Gasteiger partial charge in [0.2, 0.25) is 0 Å². The molecule has 1 fully saturated rings. The molecular formula is C12H16N2O4. The molecule has 2 rings (SSSR count). The number of carbonyl (C=O) groups excluding carboxylic acids is 1. The van der Waals surface area contributed by atoms with Gasteiger partial charge in [0.1, 0.15) is 11.4 Å². The zero-order valence-corrected chi connectivity index (χ0v) is 10.2. The van der Waals surface area contributed by atoms with Crippen LogP contribution in [-0.4, -0.2) is 42.4 Å². The maximum Gasteiger partial charge on any atom is 0.343 e. The van der Waals surface area contributed by atoms with Crippen molar-refractivity contribution < 1.29 is 14.6 Å². The van der Waals surface area contributed by atoms with E-state index >= 15 is 0 Å². The Morgan fingerprint density at radius 2 is 2.11 bits per heavy atom. The van der Waals surface area contributed by atoms with Crippen molar-refractivity contribution in [2.45, 2.75) is 18.9 Å². The van der Waals surface area contributed by atoms with E-state index in [1.807, 2.05) is 4.90 Å². The molecule has 0 aliphatic carbocycles. The third-order valence-corrected chi connectivity index (χ3v) is 3.10. The summed E-state index contributed by atoms with van der Waals surface area (Å²) in [7, 11) is 1.24. The summed E-state index contributed by atoms with van der Waals surface area (Å²) < 4.78 is 4.51. The van der Waals surface area contributed by atoms with Gasteiger partial charge in [0.05, 0.1) is 13.2 Å². The molecule has 1 aliphatic heterocycles. The molecule has 1 saturated heterocycles. The van der Waals surface area contributed by atoms with E-state index in [0.717, 1.165) is 0 Å². The Morgan fingerprint density at radius 1 is 1.44 bits per heavy atom. The first-order chi connectivity index (χ1) is 8.61. The Labute approximate surface area is 104 Å². The second kappa shape index (κ2) is 5.22. The highest BCUT2D eigenvalue weighted by molar-refractivity contribution is 5.89. The fraction of sp³-hybridized carbons (Fsp3) is 0.500. The summed E-state index contributed by atoms with van der Waals surface area (Å²) in [5.41, 5.74) is -0.455. The van der Waals surface area contributed by atoms with Crippen molar-refractivity contribution in [1.82, 2.24) is 4.98 Å². The lowest BCUT2D eigenvalue weighted by atomic mass is 10.1. The van der Waals surface area contributed by atoms with Crippen LogP contribution in [0.1, 0.15) is 23.2 Å². The van der Waals surface area contributed by atoms with E-state index in [2.05, 4.69) is 9.72 Å². The number of carbonyl (C=O) groups is 1. The highest BCUT2D eigenvalue weighted by Crippen LogP contribution is 2.16. The number of aliphatic hydroxyl groups excluding tert-OH is 1. The summed E-state index contributed by atoms with van der Waals surface area (Å²) >= 11 is 0. The number of H-pyrrole nitrogens is 1. The number of pyridine rings is 1. The molecule has 1 aromatic rings. The Hall–Kier alpha value is -1.82. The maximum absolute atomic E-state index is 11.7. The number of aromatic nitrogens is 1. The van der Waals surface area contributed by atoms with Gasteiger partial charge in [-0.1, -0.05) is 0 Å². The largest absolute Gasteiger partial charge is 0.465 e. The monoisotopic (exact) mass is 252 g/mol. The maximum atomic E-state index is 11.7. The Balaban J connectivity index is 2.19. The van der Waals surface area contributed by atoms with Gasteiger partial charge < -0.3 is 19.7 Å². The normalized spacial score (nSPS) is 16.7. The lowest BCUT2D eigenvalue weighted by molar-refractivity contribution is 0.0598. The van der Waals surface area contributed by atoms with E-state index in [9.17, 15) is 14.7 Å². The predicted octanol–water partition coefficient (Wildman–Crippen LogP) is 0.123. The fourth-order valence-electron chi connectivity index (χ4n) is 2.03. The molecule has 1 aliphatic rings. The lowest BCUT2D eigenvalue weighted by Gasteiger charge is -2.30. The number of hydrogen-bond acceptors (Lipinski definition) is 5. The van der Waals surface area contributed by atoms with Crippen molar-refractivity contribution in [2.24, 2.45) is 0 Å². The number of nitrogens with zero attached hydrogens (tertiary/aromatic N) is 1. The van der Waals surface area contributed by atoms with Crippen molar-refractivity contribution in [3.63, 3.8) is 0 Å². The van der Waals surface area contributed by atoms with Gasteiger partial charge in [-0.3, -0.25) is 4.79 Å². The summed E-state index contributed by atoms with van der Waals surface area (Å²) in [6.07, 6.45) is 1.10. The molecular weight excluding hydrogens is 236 g/mol. The minimum atomic E-state index is -0.642. The fourth-order valence-corrected chi connectivity index (χ4v) is 2.03. The topological polar surface area (TPSA) is 82.6 Å². The van der Waals surface area contributed by atoms with Gasteiger partial charge in [0, 0.05) is 13.1 Å². The number of hydrogen-bond donors (Lipinski definition) is 2. The average Bonchev–Trinajstić information content (AvgIpc) is 2.38. The number of ether oxygens (including phenoxy) is 1. The number of aromatic amines is 1. The summed E-state index contributed by atoms with van der Waals surface area (Å²) in [5.74, 6) is 0.0245. The summed E-state index contributed by atoms with van der Waals surface area (Å²) in [5, 5.41) is 9.42. The van der Waals surface area contributed by atoms with Crippen molar-refractivity contribution in [3.05, 3.63) is 28.0 Å². The molecule has 0 saturated carbocycles. The van der Waals surface area contributed by atoms with Crippen molar-refractivity contribution >= 4 is 11.8 Å². The van der Waals surface area contributed by atoms with Gasteiger partial charge >= 0.3 is 5.97 Å². The molecule has 0 bridgehead atoms. The quantitative estimate of drug-likeness (QED) is 0.731. The molecule has 2 heterocycles. The van der Waals surface area contributed by atoms with Crippen LogP contribution < -0.4 is 10.5 Å². The number of methoxy groups -OCH3 is 1. The molecule has 2 N–H and O–H groups in total. The number of anilines is 1. The van der Waals surface area contributed by atoms with Gasteiger partial charge in [-0.2, -0.15) is 0 Å². The molecule has 0 atom stereocenters. The van der Waals surface area contributed by atoms with Gasteiger partial charge in [-0.25, -0.2) is 4.79 Å². The van der Waals surface area contributed by atoms with Crippen LogP contribution in [0, 0.1) is 0 Å². The highest BCUT2D eigenvalue weighted by Gasteiger charge is 2.19.